The van der Waals surface area contributed by atoms with Crippen LogP contribution in [0.3, 0.4) is 0 Å². The number of anilines is 1. The second kappa shape index (κ2) is 9.63. The van der Waals surface area contributed by atoms with Crippen molar-refractivity contribution < 1.29 is 13.2 Å². The lowest BCUT2D eigenvalue weighted by atomic mass is 10.1. The van der Waals surface area contributed by atoms with E-state index in [-0.39, 0.29) is 22.1 Å². The minimum atomic E-state index is -3.79. The lowest BCUT2D eigenvalue weighted by Gasteiger charge is -2.14. The first-order chi connectivity index (χ1) is 14.6. The van der Waals surface area contributed by atoms with Gasteiger partial charge in [-0.25, -0.2) is 18.5 Å². The summed E-state index contributed by atoms with van der Waals surface area (Å²) >= 11 is 1.19. The first kappa shape index (κ1) is 23.0. The number of hydrogen-bond donors (Lipinski definition) is 2. The summed E-state index contributed by atoms with van der Waals surface area (Å²) in [5.41, 5.74) is 0.921. The van der Waals surface area contributed by atoms with E-state index in [1.54, 1.807) is 22.8 Å². The zero-order chi connectivity index (χ0) is 22.6. The van der Waals surface area contributed by atoms with Gasteiger partial charge in [-0.05, 0) is 48.7 Å². The number of rotatable bonds is 8. The van der Waals surface area contributed by atoms with E-state index in [1.165, 1.54) is 36.0 Å². The number of sulfonamides is 1. The number of nitrogens with one attached hydrogen (secondary N) is 1. The first-order valence-electron chi connectivity index (χ1n) is 9.70. The molecule has 0 atom stereocenters. The standard InChI is InChI=1S/C21H24N4O4S2/c1-14(2)11-12-25-20(27)17-5-3-4-6-18(17)24-21(25)30-13-19(26)23-15-7-9-16(10-8-15)31(22,28)29/h3-10,14H,11-13H2,1-2H3,(H,23,26)(H2,22,28,29). The Labute approximate surface area is 184 Å². The van der Waals surface area contributed by atoms with Gasteiger partial charge in [0.1, 0.15) is 0 Å². The van der Waals surface area contributed by atoms with E-state index in [9.17, 15) is 18.0 Å². The lowest BCUT2D eigenvalue weighted by Crippen LogP contribution is -2.25. The highest BCUT2D eigenvalue weighted by Gasteiger charge is 2.14. The van der Waals surface area contributed by atoms with Crippen molar-refractivity contribution in [2.24, 2.45) is 11.1 Å². The smallest absolute Gasteiger partial charge is 0.262 e. The van der Waals surface area contributed by atoms with Gasteiger partial charge in [-0.15, -0.1) is 0 Å². The minimum absolute atomic E-state index is 0.0330. The maximum absolute atomic E-state index is 13.0. The molecule has 0 aliphatic heterocycles. The monoisotopic (exact) mass is 460 g/mol. The minimum Gasteiger partial charge on any atom is -0.325 e. The molecule has 0 aliphatic carbocycles. The van der Waals surface area contributed by atoms with E-state index in [1.807, 2.05) is 6.07 Å². The average Bonchev–Trinajstić information content (AvgIpc) is 2.71. The molecule has 3 aromatic rings. The summed E-state index contributed by atoms with van der Waals surface area (Å²) in [5, 5.41) is 8.82. The largest absolute Gasteiger partial charge is 0.325 e. The normalized spacial score (nSPS) is 11.7. The number of para-hydroxylation sites is 1. The fourth-order valence-electron chi connectivity index (χ4n) is 2.90. The maximum Gasteiger partial charge on any atom is 0.262 e. The third-order valence-corrected chi connectivity index (χ3v) is 6.46. The molecule has 0 radical (unpaired) electrons. The van der Waals surface area contributed by atoms with Crippen molar-refractivity contribution in [2.75, 3.05) is 11.1 Å². The highest BCUT2D eigenvalue weighted by molar-refractivity contribution is 7.99. The second-order valence-electron chi connectivity index (χ2n) is 7.46. The molecule has 8 nitrogen and oxygen atoms in total. The molecule has 1 heterocycles. The van der Waals surface area contributed by atoms with E-state index >= 15 is 0 Å². The van der Waals surface area contributed by atoms with Crippen LogP contribution in [0.1, 0.15) is 20.3 Å². The van der Waals surface area contributed by atoms with Crippen molar-refractivity contribution in [3.05, 3.63) is 58.9 Å². The molecule has 0 fully saturated rings. The van der Waals surface area contributed by atoms with Gasteiger partial charge in [0.05, 0.1) is 21.6 Å². The molecule has 1 aromatic heterocycles. The number of nitrogens with two attached hydrogens (primary N) is 1. The Morgan fingerprint density at radius 1 is 1.16 bits per heavy atom. The van der Waals surface area contributed by atoms with Crippen LogP contribution in [-0.4, -0.2) is 29.6 Å². The van der Waals surface area contributed by atoms with Crippen LogP contribution in [0.25, 0.3) is 10.9 Å². The van der Waals surface area contributed by atoms with Crippen LogP contribution in [0.4, 0.5) is 5.69 Å². The summed E-state index contributed by atoms with van der Waals surface area (Å²) in [6, 6.07) is 12.7. The number of hydrogen-bond acceptors (Lipinski definition) is 6. The summed E-state index contributed by atoms with van der Waals surface area (Å²) in [4.78, 5) is 29.9. The number of thioether (sulfide) groups is 1. The van der Waals surface area contributed by atoms with Crippen LogP contribution in [0.2, 0.25) is 0 Å². The highest BCUT2D eigenvalue weighted by Crippen LogP contribution is 2.20. The molecule has 1 amide bonds. The Balaban J connectivity index is 1.76. The van der Waals surface area contributed by atoms with Crippen LogP contribution in [0, 0.1) is 5.92 Å². The molecule has 2 aromatic carbocycles. The zero-order valence-corrected chi connectivity index (χ0v) is 18.9. The third kappa shape index (κ3) is 5.93. The Morgan fingerprint density at radius 3 is 2.48 bits per heavy atom. The first-order valence-corrected chi connectivity index (χ1v) is 12.2. The number of nitrogens with zero attached hydrogens (tertiary/aromatic N) is 2. The maximum atomic E-state index is 13.0. The molecule has 3 N–H and O–H groups in total. The molecule has 31 heavy (non-hydrogen) atoms. The number of carbonyl (C=O) groups is 1. The van der Waals surface area contributed by atoms with Crippen molar-refractivity contribution in [3.8, 4) is 0 Å². The van der Waals surface area contributed by atoms with Gasteiger partial charge in [-0.3, -0.25) is 14.2 Å². The van der Waals surface area contributed by atoms with Crippen molar-refractivity contribution in [2.45, 2.75) is 36.9 Å². The van der Waals surface area contributed by atoms with Crippen LogP contribution in [-0.2, 0) is 21.4 Å². The Bertz CT molecular complexity index is 1250. The summed E-state index contributed by atoms with van der Waals surface area (Å²) in [5.74, 6) is 0.162. The number of aromatic nitrogens is 2. The van der Waals surface area contributed by atoms with Crippen molar-refractivity contribution in [1.29, 1.82) is 0 Å². The molecule has 0 saturated heterocycles. The molecule has 3 rings (SSSR count). The SMILES string of the molecule is CC(C)CCn1c(SCC(=O)Nc2ccc(S(N)(=O)=O)cc2)nc2ccccc2c1=O. The molecule has 0 unspecified atom stereocenters. The van der Waals surface area contributed by atoms with Gasteiger partial charge in [0.25, 0.3) is 5.56 Å². The van der Waals surface area contributed by atoms with E-state index in [2.05, 4.69) is 24.1 Å². The van der Waals surface area contributed by atoms with Gasteiger partial charge >= 0.3 is 0 Å². The summed E-state index contributed by atoms with van der Waals surface area (Å²) in [7, 11) is -3.79. The number of amides is 1. The van der Waals surface area contributed by atoms with Gasteiger partial charge in [0, 0.05) is 12.2 Å². The van der Waals surface area contributed by atoms with Gasteiger partial charge < -0.3 is 5.32 Å². The zero-order valence-electron chi connectivity index (χ0n) is 17.2. The van der Waals surface area contributed by atoms with Gasteiger partial charge in [-0.2, -0.15) is 0 Å². The Hall–Kier alpha value is -2.69. The quantitative estimate of drug-likeness (QED) is 0.393. The number of carbonyl (C=O) groups excluding carboxylic acids is 1. The van der Waals surface area contributed by atoms with E-state index in [4.69, 9.17) is 5.14 Å². The van der Waals surface area contributed by atoms with Crippen LogP contribution in [0.15, 0.2) is 63.4 Å². The van der Waals surface area contributed by atoms with E-state index in [0.29, 0.717) is 34.2 Å². The van der Waals surface area contributed by atoms with Crippen molar-refractivity contribution in [3.63, 3.8) is 0 Å². The van der Waals surface area contributed by atoms with Gasteiger partial charge in [0.2, 0.25) is 15.9 Å². The highest BCUT2D eigenvalue weighted by atomic mass is 32.2. The Kier molecular flexibility index (Phi) is 7.14. The molecular formula is C21H24N4O4S2. The molecular weight excluding hydrogens is 436 g/mol. The Morgan fingerprint density at radius 2 is 1.84 bits per heavy atom. The number of fused-ring (bicyclic) bond motifs is 1. The number of primary sulfonamides is 1. The second-order valence-corrected chi connectivity index (χ2v) is 9.96. The third-order valence-electron chi connectivity index (χ3n) is 4.56. The summed E-state index contributed by atoms with van der Waals surface area (Å²) < 4.78 is 24.3. The lowest BCUT2D eigenvalue weighted by molar-refractivity contribution is -0.113. The van der Waals surface area contributed by atoms with Crippen LogP contribution >= 0.6 is 11.8 Å². The van der Waals surface area contributed by atoms with Crippen molar-refractivity contribution in [1.82, 2.24) is 9.55 Å². The molecule has 10 heteroatoms. The van der Waals surface area contributed by atoms with Crippen molar-refractivity contribution >= 4 is 44.3 Å². The predicted octanol–water partition coefficient (Wildman–Crippen LogP) is 2.82. The number of benzene rings is 2. The molecule has 164 valence electrons. The molecule has 0 spiro atoms. The van der Waals surface area contributed by atoms with Gasteiger partial charge in [-0.1, -0.05) is 37.7 Å². The summed E-state index contributed by atoms with van der Waals surface area (Å²) in [6.07, 6.45) is 0.816. The van der Waals surface area contributed by atoms with Crippen LogP contribution < -0.4 is 16.0 Å². The van der Waals surface area contributed by atoms with Crippen LogP contribution in [0.5, 0.6) is 0 Å². The topological polar surface area (TPSA) is 124 Å². The average molecular weight is 461 g/mol. The summed E-state index contributed by atoms with van der Waals surface area (Å²) in [6.45, 7) is 4.69. The van der Waals surface area contributed by atoms with E-state index < -0.39 is 10.0 Å². The fraction of sp³-hybridized carbons (Fsp3) is 0.286. The molecule has 0 aliphatic rings. The molecule has 0 saturated carbocycles. The van der Waals surface area contributed by atoms with E-state index in [0.717, 1.165) is 6.42 Å². The van der Waals surface area contributed by atoms with Gasteiger partial charge in [0.15, 0.2) is 5.16 Å². The fourth-order valence-corrected chi connectivity index (χ4v) is 4.24. The molecule has 0 bridgehead atoms. The predicted molar refractivity (Wildman–Crippen MR) is 123 cm³/mol.